The highest BCUT2D eigenvalue weighted by molar-refractivity contribution is 5.94. The Morgan fingerprint density at radius 1 is 1.55 bits per heavy atom. The maximum Gasteiger partial charge on any atom is 0.305 e. The summed E-state index contributed by atoms with van der Waals surface area (Å²) in [5.74, 6) is -0.984. The van der Waals surface area contributed by atoms with E-state index in [1.807, 2.05) is 0 Å². The first-order chi connectivity index (χ1) is 9.47. The van der Waals surface area contributed by atoms with Gasteiger partial charge < -0.3 is 9.84 Å². The summed E-state index contributed by atoms with van der Waals surface area (Å²) >= 11 is 0. The number of carbonyl (C=O) groups is 1. The number of benzene rings is 1. The summed E-state index contributed by atoms with van der Waals surface area (Å²) in [6, 6.07) is 2.88. The van der Waals surface area contributed by atoms with E-state index in [1.54, 1.807) is 6.92 Å². The molecule has 20 heavy (non-hydrogen) atoms. The Bertz CT molecular complexity index is 670. The van der Waals surface area contributed by atoms with E-state index < -0.39 is 22.3 Å². The molecule has 1 aromatic heterocycles. The Balaban J connectivity index is 2.09. The molecule has 1 amide bonds. The van der Waals surface area contributed by atoms with Gasteiger partial charge >= 0.3 is 5.69 Å². The summed E-state index contributed by atoms with van der Waals surface area (Å²) in [5, 5.41) is 16.6. The van der Waals surface area contributed by atoms with Crippen LogP contribution in [-0.4, -0.2) is 21.0 Å². The maximum absolute atomic E-state index is 13.1. The minimum Gasteiger partial charge on any atom is -0.343 e. The van der Waals surface area contributed by atoms with Gasteiger partial charge in [-0.3, -0.25) is 14.9 Å². The molecule has 0 aliphatic heterocycles. The van der Waals surface area contributed by atoms with Crippen LogP contribution < -0.4 is 5.32 Å². The molecule has 1 heterocycles. The SMILES string of the molecule is Cc1noc(CNC(=O)c2ccc(F)c([N+](=O)[O-])c2)n1. The molecule has 0 atom stereocenters. The van der Waals surface area contributed by atoms with E-state index in [-0.39, 0.29) is 18.0 Å². The lowest BCUT2D eigenvalue weighted by Crippen LogP contribution is -2.23. The molecule has 0 bridgehead atoms. The van der Waals surface area contributed by atoms with Crippen LogP contribution in [0.3, 0.4) is 0 Å². The number of nitrogens with zero attached hydrogens (tertiary/aromatic N) is 3. The summed E-state index contributed by atoms with van der Waals surface area (Å²) < 4.78 is 17.9. The van der Waals surface area contributed by atoms with Crippen LogP contribution in [0.2, 0.25) is 0 Å². The Labute approximate surface area is 111 Å². The quantitative estimate of drug-likeness (QED) is 0.668. The van der Waals surface area contributed by atoms with Gasteiger partial charge in [-0.25, -0.2) is 0 Å². The lowest BCUT2D eigenvalue weighted by Gasteiger charge is -2.02. The number of rotatable bonds is 4. The highest BCUT2D eigenvalue weighted by atomic mass is 19.1. The molecule has 2 aromatic rings. The molecule has 1 aromatic carbocycles. The molecule has 0 saturated heterocycles. The van der Waals surface area contributed by atoms with Gasteiger partial charge in [-0.1, -0.05) is 5.16 Å². The highest BCUT2D eigenvalue weighted by Gasteiger charge is 2.17. The third kappa shape index (κ3) is 2.94. The van der Waals surface area contributed by atoms with Gasteiger partial charge in [0.1, 0.15) is 0 Å². The fraction of sp³-hybridized carbons (Fsp3) is 0.182. The fourth-order valence-corrected chi connectivity index (χ4v) is 1.46. The molecule has 0 saturated carbocycles. The monoisotopic (exact) mass is 280 g/mol. The van der Waals surface area contributed by atoms with Crippen LogP contribution in [0.15, 0.2) is 22.7 Å². The predicted molar refractivity (Wildman–Crippen MR) is 63.3 cm³/mol. The molecule has 0 radical (unpaired) electrons. The molecular weight excluding hydrogens is 271 g/mol. The lowest BCUT2D eigenvalue weighted by molar-refractivity contribution is -0.387. The Kier molecular flexibility index (Phi) is 3.69. The second kappa shape index (κ2) is 5.43. The number of amides is 1. The van der Waals surface area contributed by atoms with Crippen molar-refractivity contribution >= 4 is 11.6 Å². The first-order valence-electron chi connectivity index (χ1n) is 5.48. The van der Waals surface area contributed by atoms with Crippen LogP contribution in [0.1, 0.15) is 22.1 Å². The van der Waals surface area contributed by atoms with Crippen molar-refractivity contribution in [1.82, 2.24) is 15.5 Å². The fourth-order valence-electron chi connectivity index (χ4n) is 1.46. The van der Waals surface area contributed by atoms with Gasteiger partial charge in [0.2, 0.25) is 11.7 Å². The number of hydrogen-bond donors (Lipinski definition) is 1. The number of nitro benzene ring substituents is 1. The van der Waals surface area contributed by atoms with Crippen molar-refractivity contribution in [2.45, 2.75) is 13.5 Å². The molecule has 1 N–H and O–H groups in total. The van der Waals surface area contributed by atoms with Crippen LogP contribution >= 0.6 is 0 Å². The van der Waals surface area contributed by atoms with Crippen molar-refractivity contribution in [2.75, 3.05) is 0 Å². The van der Waals surface area contributed by atoms with Crippen molar-refractivity contribution in [2.24, 2.45) is 0 Å². The summed E-state index contributed by atoms with van der Waals surface area (Å²) in [7, 11) is 0. The lowest BCUT2D eigenvalue weighted by atomic mass is 10.2. The minimum atomic E-state index is -1.00. The van der Waals surface area contributed by atoms with Crippen LogP contribution in [0.25, 0.3) is 0 Å². The van der Waals surface area contributed by atoms with E-state index in [9.17, 15) is 19.3 Å². The van der Waals surface area contributed by atoms with E-state index in [4.69, 9.17) is 4.52 Å². The average molecular weight is 280 g/mol. The van der Waals surface area contributed by atoms with Gasteiger partial charge in [-0.05, 0) is 19.1 Å². The van der Waals surface area contributed by atoms with Crippen molar-refractivity contribution in [3.8, 4) is 0 Å². The first kappa shape index (κ1) is 13.6. The zero-order valence-corrected chi connectivity index (χ0v) is 10.3. The van der Waals surface area contributed by atoms with Gasteiger partial charge in [-0.2, -0.15) is 9.37 Å². The van der Waals surface area contributed by atoms with Gasteiger partial charge in [-0.15, -0.1) is 0 Å². The zero-order chi connectivity index (χ0) is 14.7. The smallest absolute Gasteiger partial charge is 0.305 e. The number of nitrogens with one attached hydrogen (secondary N) is 1. The number of nitro groups is 1. The molecule has 0 unspecified atom stereocenters. The third-order valence-corrected chi connectivity index (χ3v) is 2.37. The number of hydrogen-bond acceptors (Lipinski definition) is 6. The van der Waals surface area contributed by atoms with E-state index in [1.165, 1.54) is 0 Å². The van der Waals surface area contributed by atoms with Crippen molar-refractivity contribution in [3.05, 3.63) is 51.4 Å². The minimum absolute atomic E-state index is 0.0230. The summed E-state index contributed by atoms with van der Waals surface area (Å²) in [6.07, 6.45) is 0. The van der Waals surface area contributed by atoms with Crippen LogP contribution in [0.4, 0.5) is 10.1 Å². The largest absolute Gasteiger partial charge is 0.343 e. The average Bonchev–Trinajstić information content (AvgIpc) is 2.82. The van der Waals surface area contributed by atoms with Gasteiger partial charge in [0.15, 0.2) is 5.82 Å². The van der Waals surface area contributed by atoms with Gasteiger partial charge in [0, 0.05) is 11.6 Å². The number of carbonyl (C=O) groups excluding carboxylic acids is 1. The Hall–Kier alpha value is -2.84. The number of halogens is 1. The third-order valence-electron chi connectivity index (χ3n) is 2.37. The van der Waals surface area contributed by atoms with E-state index >= 15 is 0 Å². The second-order valence-electron chi connectivity index (χ2n) is 3.84. The van der Waals surface area contributed by atoms with Gasteiger partial charge in [0.25, 0.3) is 5.91 Å². The van der Waals surface area contributed by atoms with Crippen molar-refractivity contribution in [3.63, 3.8) is 0 Å². The molecule has 0 aliphatic carbocycles. The predicted octanol–water partition coefficient (Wildman–Crippen LogP) is 1.36. The molecule has 0 fully saturated rings. The molecule has 104 valence electrons. The Morgan fingerprint density at radius 2 is 2.30 bits per heavy atom. The molecule has 9 heteroatoms. The van der Waals surface area contributed by atoms with E-state index in [0.717, 1.165) is 18.2 Å². The summed E-state index contributed by atoms with van der Waals surface area (Å²) in [4.78, 5) is 25.3. The van der Waals surface area contributed by atoms with E-state index in [2.05, 4.69) is 15.5 Å². The van der Waals surface area contributed by atoms with E-state index in [0.29, 0.717) is 5.82 Å². The highest BCUT2D eigenvalue weighted by Crippen LogP contribution is 2.18. The zero-order valence-electron chi connectivity index (χ0n) is 10.3. The second-order valence-corrected chi connectivity index (χ2v) is 3.84. The number of aryl methyl sites for hydroxylation is 1. The Morgan fingerprint density at radius 3 is 2.90 bits per heavy atom. The molecule has 8 nitrogen and oxygen atoms in total. The maximum atomic E-state index is 13.1. The molecule has 2 rings (SSSR count). The van der Waals surface area contributed by atoms with Crippen molar-refractivity contribution < 1.29 is 18.6 Å². The van der Waals surface area contributed by atoms with Crippen LogP contribution in [0.5, 0.6) is 0 Å². The molecule has 0 aliphatic rings. The van der Waals surface area contributed by atoms with Crippen LogP contribution in [-0.2, 0) is 6.54 Å². The standard InChI is InChI=1S/C11H9FN4O4/c1-6-14-10(20-15-6)5-13-11(17)7-2-3-8(12)9(4-7)16(18)19/h2-4H,5H2,1H3,(H,13,17). The normalized spacial score (nSPS) is 10.3. The number of aromatic nitrogens is 2. The topological polar surface area (TPSA) is 111 Å². The first-order valence-corrected chi connectivity index (χ1v) is 5.48. The van der Waals surface area contributed by atoms with Crippen LogP contribution in [0, 0.1) is 22.9 Å². The van der Waals surface area contributed by atoms with Gasteiger partial charge in [0.05, 0.1) is 11.5 Å². The van der Waals surface area contributed by atoms with Crippen molar-refractivity contribution in [1.29, 1.82) is 0 Å². The summed E-state index contributed by atoms with van der Waals surface area (Å²) in [6.45, 7) is 1.60. The molecular formula is C11H9FN4O4. The summed E-state index contributed by atoms with van der Waals surface area (Å²) in [5.41, 5.74) is -0.791. The molecule has 0 spiro atoms.